The summed E-state index contributed by atoms with van der Waals surface area (Å²) in [6.45, 7) is 2.24. The van der Waals surface area contributed by atoms with E-state index in [2.05, 4.69) is 5.32 Å². The van der Waals surface area contributed by atoms with Crippen molar-refractivity contribution < 1.29 is 23.9 Å². The molecule has 1 atom stereocenters. The van der Waals surface area contributed by atoms with Crippen LogP contribution in [0.15, 0.2) is 42.5 Å². The summed E-state index contributed by atoms with van der Waals surface area (Å²) in [5.74, 6) is 0.973. The highest BCUT2D eigenvalue weighted by molar-refractivity contribution is 6.11. The van der Waals surface area contributed by atoms with E-state index in [0.29, 0.717) is 41.8 Å². The first-order chi connectivity index (χ1) is 16.0. The van der Waals surface area contributed by atoms with Gasteiger partial charge in [-0.25, -0.2) is 4.79 Å². The molecular weight excluding hydrogens is 420 g/mol. The van der Waals surface area contributed by atoms with Crippen LogP contribution < -0.4 is 14.8 Å². The molecule has 1 unspecified atom stereocenters. The molecule has 5 rings (SSSR count). The molecule has 0 bridgehead atoms. The van der Waals surface area contributed by atoms with E-state index < -0.39 is 17.5 Å². The fraction of sp³-hybridized carbons (Fsp3) is 0.423. The predicted molar refractivity (Wildman–Crippen MR) is 122 cm³/mol. The van der Waals surface area contributed by atoms with Crippen molar-refractivity contribution >= 4 is 17.7 Å². The molecule has 2 aromatic rings. The molecule has 1 N–H and O–H groups in total. The number of ketones is 1. The number of fused-ring (bicyclic) bond motifs is 1. The van der Waals surface area contributed by atoms with Crippen LogP contribution in [0.5, 0.6) is 11.5 Å². The second kappa shape index (κ2) is 8.54. The van der Waals surface area contributed by atoms with Crippen molar-refractivity contribution in [3.63, 3.8) is 0 Å². The summed E-state index contributed by atoms with van der Waals surface area (Å²) < 4.78 is 11.2. The largest absolute Gasteiger partial charge is 0.486 e. The summed E-state index contributed by atoms with van der Waals surface area (Å²) in [7, 11) is 0. The van der Waals surface area contributed by atoms with Gasteiger partial charge in [-0.3, -0.25) is 14.5 Å². The van der Waals surface area contributed by atoms with Gasteiger partial charge in [0.25, 0.3) is 5.91 Å². The zero-order valence-electron chi connectivity index (χ0n) is 18.8. The lowest BCUT2D eigenvalue weighted by atomic mass is 9.84. The molecule has 1 saturated heterocycles. The minimum absolute atomic E-state index is 0.264. The first kappa shape index (κ1) is 21.5. The molecule has 2 fully saturated rings. The summed E-state index contributed by atoms with van der Waals surface area (Å²) in [4.78, 5) is 39.8. The highest BCUT2D eigenvalue weighted by atomic mass is 16.6. The van der Waals surface area contributed by atoms with Crippen LogP contribution in [0, 0.1) is 0 Å². The van der Waals surface area contributed by atoms with Crippen LogP contribution in [0.4, 0.5) is 4.79 Å². The van der Waals surface area contributed by atoms with Gasteiger partial charge in [0, 0.05) is 5.56 Å². The molecule has 1 aliphatic carbocycles. The van der Waals surface area contributed by atoms with Gasteiger partial charge in [0.15, 0.2) is 17.3 Å². The number of amides is 3. The van der Waals surface area contributed by atoms with E-state index in [0.717, 1.165) is 4.90 Å². The topological polar surface area (TPSA) is 84.9 Å². The van der Waals surface area contributed by atoms with Gasteiger partial charge in [-0.05, 0) is 48.9 Å². The van der Waals surface area contributed by atoms with Gasteiger partial charge in [-0.1, -0.05) is 49.6 Å². The van der Waals surface area contributed by atoms with E-state index in [1.807, 2.05) is 24.3 Å². The third-order valence-corrected chi connectivity index (χ3v) is 7.01. The van der Waals surface area contributed by atoms with Crippen LogP contribution in [0.1, 0.15) is 66.4 Å². The van der Waals surface area contributed by atoms with Gasteiger partial charge in [-0.2, -0.15) is 0 Å². The average Bonchev–Trinajstić information content (AvgIpc) is 3.08. The molecule has 7 heteroatoms. The zero-order chi connectivity index (χ0) is 23.0. The first-order valence-corrected chi connectivity index (χ1v) is 11.6. The van der Waals surface area contributed by atoms with Gasteiger partial charge in [0.2, 0.25) is 0 Å². The number of rotatable bonds is 5. The second-order valence-electron chi connectivity index (χ2n) is 9.19. The lowest BCUT2D eigenvalue weighted by Gasteiger charge is -2.25. The van der Waals surface area contributed by atoms with Crippen molar-refractivity contribution in [1.82, 2.24) is 10.2 Å². The Morgan fingerprint density at radius 2 is 1.70 bits per heavy atom. The summed E-state index contributed by atoms with van der Waals surface area (Å²) in [5, 5.41) is 2.75. The summed E-state index contributed by atoms with van der Waals surface area (Å²) in [6, 6.07) is 12.2. The number of Topliss-reactive ketones (excluding diaryl/α,β-unsaturated/α-hetero) is 1. The summed E-state index contributed by atoms with van der Waals surface area (Å²) in [6.07, 6.45) is 6.17. The summed E-state index contributed by atoms with van der Waals surface area (Å²) >= 11 is 0. The minimum atomic E-state index is -1.28. The Bertz CT molecular complexity index is 1090. The summed E-state index contributed by atoms with van der Waals surface area (Å²) in [5.41, 5.74) is 1.06. The molecule has 172 valence electrons. The molecule has 3 amide bonds. The number of hydrogen-bond donors (Lipinski definition) is 1. The number of benzene rings is 2. The van der Waals surface area contributed by atoms with E-state index in [1.54, 1.807) is 25.1 Å². The van der Waals surface area contributed by atoms with Crippen molar-refractivity contribution in [2.45, 2.75) is 50.5 Å². The van der Waals surface area contributed by atoms with Gasteiger partial charge in [-0.15, -0.1) is 0 Å². The third-order valence-electron chi connectivity index (χ3n) is 7.01. The molecule has 2 aromatic carbocycles. The van der Waals surface area contributed by atoms with Crippen LogP contribution in [0.3, 0.4) is 0 Å². The lowest BCUT2D eigenvalue weighted by molar-refractivity contribution is -0.130. The molecular formula is C26H28N2O5. The third kappa shape index (κ3) is 3.96. The lowest BCUT2D eigenvalue weighted by Crippen LogP contribution is -2.41. The predicted octanol–water partition coefficient (Wildman–Crippen LogP) is 4.16. The Morgan fingerprint density at radius 1 is 1.00 bits per heavy atom. The fourth-order valence-corrected chi connectivity index (χ4v) is 5.00. The fourth-order valence-electron chi connectivity index (χ4n) is 5.00. The van der Waals surface area contributed by atoms with Crippen molar-refractivity contribution in [3.8, 4) is 11.5 Å². The Labute approximate surface area is 193 Å². The van der Waals surface area contributed by atoms with Crippen LogP contribution in [-0.2, 0) is 10.3 Å². The highest BCUT2D eigenvalue weighted by Gasteiger charge is 2.49. The zero-order valence-corrected chi connectivity index (χ0v) is 18.8. The minimum Gasteiger partial charge on any atom is -0.486 e. The quantitative estimate of drug-likeness (QED) is 0.549. The maximum atomic E-state index is 13.3. The SMILES string of the molecule is CC1(c2ccc3c(c2)OCCO3)NC(=O)N(CC(=O)c2ccc(C3CCCCC3)cc2)C1=O. The van der Waals surface area contributed by atoms with Crippen molar-refractivity contribution in [2.24, 2.45) is 0 Å². The molecule has 2 aliphatic heterocycles. The molecule has 0 radical (unpaired) electrons. The van der Waals surface area contributed by atoms with E-state index in [1.165, 1.54) is 37.7 Å². The van der Waals surface area contributed by atoms with E-state index in [-0.39, 0.29) is 12.3 Å². The Balaban J connectivity index is 1.30. The monoisotopic (exact) mass is 448 g/mol. The van der Waals surface area contributed by atoms with Gasteiger partial charge in [0.05, 0.1) is 6.54 Å². The Hall–Kier alpha value is -3.35. The van der Waals surface area contributed by atoms with Crippen LogP contribution in [-0.4, -0.2) is 42.4 Å². The molecule has 33 heavy (non-hydrogen) atoms. The number of urea groups is 1. The van der Waals surface area contributed by atoms with E-state index in [9.17, 15) is 14.4 Å². The first-order valence-electron chi connectivity index (χ1n) is 11.6. The molecule has 0 aromatic heterocycles. The Kier molecular flexibility index (Phi) is 5.56. The molecule has 2 heterocycles. The number of carbonyl (C=O) groups excluding carboxylic acids is 3. The number of hydrogen-bond acceptors (Lipinski definition) is 5. The van der Waals surface area contributed by atoms with Crippen LogP contribution in [0.2, 0.25) is 0 Å². The number of nitrogens with zero attached hydrogens (tertiary/aromatic N) is 1. The van der Waals surface area contributed by atoms with Gasteiger partial charge >= 0.3 is 6.03 Å². The van der Waals surface area contributed by atoms with Crippen molar-refractivity contribution in [1.29, 1.82) is 0 Å². The van der Waals surface area contributed by atoms with E-state index in [4.69, 9.17) is 9.47 Å². The maximum Gasteiger partial charge on any atom is 0.325 e. The highest BCUT2D eigenvalue weighted by Crippen LogP contribution is 2.37. The number of carbonyl (C=O) groups is 3. The molecule has 1 saturated carbocycles. The van der Waals surface area contributed by atoms with Gasteiger partial charge in [0.1, 0.15) is 18.8 Å². The molecule has 3 aliphatic rings. The smallest absolute Gasteiger partial charge is 0.325 e. The average molecular weight is 449 g/mol. The number of imide groups is 1. The molecule has 0 spiro atoms. The standard InChI is InChI=1S/C26H28N2O5/c1-26(20-11-12-22-23(15-20)33-14-13-32-22)24(30)28(25(31)27-26)16-21(29)19-9-7-18(8-10-19)17-5-3-2-4-6-17/h7-12,15,17H,2-6,13-14,16H2,1H3,(H,27,31). The normalized spacial score (nSPS) is 22.9. The maximum absolute atomic E-state index is 13.3. The van der Waals surface area contributed by atoms with Crippen LogP contribution in [0.25, 0.3) is 0 Å². The second-order valence-corrected chi connectivity index (χ2v) is 9.19. The number of ether oxygens (including phenoxy) is 2. The van der Waals surface area contributed by atoms with E-state index >= 15 is 0 Å². The van der Waals surface area contributed by atoms with Crippen LogP contribution >= 0.6 is 0 Å². The van der Waals surface area contributed by atoms with Crippen molar-refractivity contribution in [2.75, 3.05) is 19.8 Å². The Morgan fingerprint density at radius 3 is 2.42 bits per heavy atom. The van der Waals surface area contributed by atoms with Gasteiger partial charge < -0.3 is 14.8 Å². The number of nitrogens with one attached hydrogen (secondary N) is 1. The molecule has 7 nitrogen and oxygen atoms in total. The van der Waals surface area contributed by atoms with Crippen molar-refractivity contribution in [3.05, 3.63) is 59.2 Å².